The predicted molar refractivity (Wildman–Crippen MR) is 99.5 cm³/mol. The molecule has 0 saturated carbocycles. The van der Waals surface area contributed by atoms with Gasteiger partial charge in [0, 0.05) is 5.33 Å². The first-order valence-corrected chi connectivity index (χ1v) is 8.53. The molecule has 0 saturated heterocycles. The molecule has 0 radical (unpaired) electrons. The minimum absolute atomic E-state index is 0.898. The maximum atomic E-state index is 3.52. The summed E-state index contributed by atoms with van der Waals surface area (Å²) >= 11 is 3.52. The number of hydrogen-bond donors (Lipinski definition) is 0. The molecule has 0 heterocycles. The first-order chi connectivity index (χ1) is 10.8. The molecule has 4 rings (SSSR count). The van der Waals surface area contributed by atoms with Crippen molar-refractivity contribution in [3.05, 3.63) is 84.4 Å². The van der Waals surface area contributed by atoms with Crippen molar-refractivity contribution in [1.29, 1.82) is 0 Å². The van der Waals surface area contributed by atoms with Crippen LogP contribution in [0.1, 0.15) is 5.56 Å². The van der Waals surface area contributed by atoms with Gasteiger partial charge in [-0.25, -0.2) is 0 Å². The molecule has 106 valence electrons. The molecule has 0 nitrogen and oxygen atoms in total. The van der Waals surface area contributed by atoms with E-state index in [-0.39, 0.29) is 0 Å². The minimum Gasteiger partial charge on any atom is -0.0876 e. The van der Waals surface area contributed by atoms with E-state index in [1.165, 1.54) is 38.2 Å². The fraction of sp³-hybridized carbons (Fsp3) is 0.0476. The van der Waals surface area contributed by atoms with Crippen LogP contribution in [0.25, 0.3) is 32.7 Å². The van der Waals surface area contributed by atoms with Gasteiger partial charge in [0.1, 0.15) is 0 Å². The second kappa shape index (κ2) is 5.58. The van der Waals surface area contributed by atoms with Crippen LogP contribution in [0.3, 0.4) is 0 Å². The first kappa shape index (κ1) is 13.5. The van der Waals surface area contributed by atoms with Crippen LogP contribution in [0, 0.1) is 0 Å². The average Bonchev–Trinajstić information content (AvgIpc) is 2.60. The summed E-state index contributed by atoms with van der Waals surface area (Å²) < 4.78 is 0. The highest BCUT2D eigenvalue weighted by Crippen LogP contribution is 2.28. The molecule has 0 aliphatic rings. The van der Waals surface area contributed by atoms with E-state index in [1.807, 2.05) is 0 Å². The highest BCUT2D eigenvalue weighted by molar-refractivity contribution is 9.08. The van der Waals surface area contributed by atoms with Gasteiger partial charge in [0.05, 0.1) is 0 Å². The van der Waals surface area contributed by atoms with E-state index in [0.717, 1.165) is 5.33 Å². The maximum Gasteiger partial charge on any atom is 0.0283 e. The zero-order valence-corrected chi connectivity index (χ0v) is 13.7. The van der Waals surface area contributed by atoms with Gasteiger partial charge in [-0.05, 0) is 50.4 Å². The Kier molecular flexibility index (Phi) is 3.44. The van der Waals surface area contributed by atoms with Crippen LogP contribution in [-0.4, -0.2) is 0 Å². The quantitative estimate of drug-likeness (QED) is 0.361. The molecular weight excluding hydrogens is 332 g/mol. The smallest absolute Gasteiger partial charge is 0.0283 e. The molecule has 0 atom stereocenters. The number of benzene rings is 4. The van der Waals surface area contributed by atoms with Crippen LogP contribution in [0.5, 0.6) is 0 Å². The van der Waals surface area contributed by atoms with Crippen LogP contribution in [0.4, 0.5) is 0 Å². The van der Waals surface area contributed by atoms with Gasteiger partial charge in [-0.3, -0.25) is 0 Å². The highest BCUT2D eigenvalue weighted by Gasteiger charge is 2.02. The van der Waals surface area contributed by atoms with Crippen molar-refractivity contribution < 1.29 is 0 Å². The van der Waals surface area contributed by atoms with E-state index < -0.39 is 0 Å². The van der Waals surface area contributed by atoms with E-state index >= 15 is 0 Å². The molecule has 1 heteroatoms. The molecule has 0 aliphatic carbocycles. The van der Waals surface area contributed by atoms with Gasteiger partial charge >= 0.3 is 0 Å². The topological polar surface area (TPSA) is 0 Å². The van der Waals surface area contributed by atoms with Crippen molar-refractivity contribution in [2.24, 2.45) is 0 Å². The number of halogens is 1. The Morgan fingerprint density at radius 2 is 1.09 bits per heavy atom. The Balaban J connectivity index is 1.84. The molecular formula is C21H15Br. The Morgan fingerprint density at radius 1 is 0.545 bits per heavy atom. The first-order valence-electron chi connectivity index (χ1n) is 7.41. The highest BCUT2D eigenvalue weighted by atomic mass is 79.9. The monoisotopic (exact) mass is 346 g/mol. The molecule has 4 aromatic carbocycles. The van der Waals surface area contributed by atoms with Crippen LogP contribution in [0.15, 0.2) is 78.9 Å². The molecule has 0 fully saturated rings. The lowest BCUT2D eigenvalue weighted by Gasteiger charge is -2.07. The summed E-state index contributed by atoms with van der Waals surface area (Å²) in [6.45, 7) is 0. The third kappa shape index (κ3) is 2.42. The van der Waals surface area contributed by atoms with E-state index in [4.69, 9.17) is 0 Å². The summed E-state index contributed by atoms with van der Waals surface area (Å²) in [6, 6.07) is 28.5. The van der Waals surface area contributed by atoms with E-state index in [0.29, 0.717) is 0 Å². The summed E-state index contributed by atoms with van der Waals surface area (Å²) in [5.41, 5.74) is 3.85. The molecule has 0 aliphatic heterocycles. The number of rotatable bonds is 2. The average molecular weight is 347 g/mol. The summed E-state index contributed by atoms with van der Waals surface area (Å²) in [6.07, 6.45) is 0. The maximum absolute atomic E-state index is 3.52. The van der Waals surface area contributed by atoms with Crippen LogP contribution in [-0.2, 0) is 5.33 Å². The summed E-state index contributed by atoms with van der Waals surface area (Å²) in [5.74, 6) is 0. The standard InChI is InChI=1S/C21H15Br/c22-14-15-5-6-19-13-21(10-9-18(19)11-15)20-8-7-16-3-1-2-4-17(16)12-20/h1-13H,14H2. The third-order valence-electron chi connectivity index (χ3n) is 4.14. The normalized spacial score (nSPS) is 11.1. The Bertz CT molecular complexity index is 970. The molecule has 0 N–H and O–H groups in total. The van der Waals surface area contributed by atoms with Crippen molar-refractivity contribution in [3.63, 3.8) is 0 Å². The van der Waals surface area contributed by atoms with Crippen LogP contribution in [0.2, 0.25) is 0 Å². The lowest BCUT2D eigenvalue weighted by atomic mass is 9.98. The lowest BCUT2D eigenvalue weighted by molar-refractivity contribution is 1.46. The zero-order chi connectivity index (χ0) is 14.9. The third-order valence-corrected chi connectivity index (χ3v) is 4.79. The van der Waals surface area contributed by atoms with Gasteiger partial charge in [-0.15, -0.1) is 0 Å². The van der Waals surface area contributed by atoms with Crippen molar-refractivity contribution in [2.75, 3.05) is 0 Å². The van der Waals surface area contributed by atoms with Crippen molar-refractivity contribution in [1.82, 2.24) is 0 Å². The Hall–Kier alpha value is -2.12. The zero-order valence-electron chi connectivity index (χ0n) is 12.1. The molecule has 0 amide bonds. The Morgan fingerprint density at radius 3 is 1.82 bits per heavy atom. The predicted octanol–water partition coefficient (Wildman–Crippen LogP) is 6.55. The molecule has 22 heavy (non-hydrogen) atoms. The van der Waals surface area contributed by atoms with Gasteiger partial charge in [0.2, 0.25) is 0 Å². The van der Waals surface area contributed by atoms with Gasteiger partial charge in [0.15, 0.2) is 0 Å². The van der Waals surface area contributed by atoms with Gasteiger partial charge in [0.25, 0.3) is 0 Å². The second-order valence-corrected chi connectivity index (χ2v) is 6.15. The molecule has 0 aromatic heterocycles. The lowest BCUT2D eigenvalue weighted by Crippen LogP contribution is -1.82. The van der Waals surface area contributed by atoms with Crippen molar-refractivity contribution in [2.45, 2.75) is 5.33 Å². The number of alkyl halides is 1. The van der Waals surface area contributed by atoms with E-state index in [2.05, 4.69) is 94.8 Å². The van der Waals surface area contributed by atoms with Gasteiger partial charge < -0.3 is 0 Å². The largest absolute Gasteiger partial charge is 0.0876 e. The number of hydrogen-bond acceptors (Lipinski definition) is 0. The minimum atomic E-state index is 0.898. The SMILES string of the molecule is BrCc1ccc2cc(-c3ccc4ccccc4c3)ccc2c1. The van der Waals surface area contributed by atoms with Gasteiger partial charge in [-0.1, -0.05) is 82.7 Å². The van der Waals surface area contributed by atoms with E-state index in [1.54, 1.807) is 0 Å². The van der Waals surface area contributed by atoms with Crippen LogP contribution < -0.4 is 0 Å². The van der Waals surface area contributed by atoms with E-state index in [9.17, 15) is 0 Å². The van der Waals surface area contributed by atoms with Gasteiger partial charge in [-0.2, -0.15) is 0 Å². The Labute approximate surface area is 138 Å². The number of fused-ring (bicyclic) bond motifs is 2. The summed E-state index contributed by atoms with van der Waals surface area (Å²) in [4.78, 5) is 0. The fourth-order valence-electron chi connectivity index (χ4n) is 2.93. The summed E-state index contributed by atoms with van der Waals surface area (Å²) in [7, 11) is 0. The van der Waals surface area contributed by atoms with Crippen molar-refractivity contribution in [3.8, 4) is 11.1 Å². The molecule has 0 unspecified atom stereocenters. The molecule has 4 aromatic rings. The molecule has 0 spiro atoms. The molecule has 0 bridgehead atoms. The second-order valence-electron chi connectivity index (χ2n) is 5.59. The van der Waals surface area contributed by atoms with Crippen molar-refractivity contribution >= 4 is 37.5 Å². The summed E-state index contributed by atoms with van der Waals surface area (Å²) in [5, 5.41) is 6.05. The fourth-order valence-corrected chi connectivity index (χ4v) is 3.28. The van der Waals surface area contributed by atoms with Crippen LogP contribution >= 0.6 is 15.9 Å².